The zero-order valence-corrected chi connectivity index (χ0v) is 17.3. The van der Waals surface area contributed by atoms with E-state index in [1.165, 1.54) is 12.8 Å². The summed E-state index contributed by atoms with van der Waals surface area (Å²) in [6.07, 6.45) is 4.42. The summed E-state index contributed by atoms with van der Waals surface area (Å²) in [4.78, 5) is 15.3. The molecule has 0 bridgehead atoms. The van der Waals surface area contributed by atoms with E-state index in [0.29, 0.717) is 18.6 Å². The van der Waals surface area contributed by atoms with Crippen molar-refractivity contribution in [2.45, 2.75) is 57.7 Å². The molecule has 1 amide bonds. The number of fused-ring (bicyclic) bond motifs is 1. The maximum absolute atomic E-state index is 12.8. The van der Waals surface area contributed by atoms with Crippen molar-refractivity contribution in [1.29, 1.82) is 0 Å². The highest BCUT2D eigenvalue weighted by molar-refractivity contribution is 5.79. The van der Waals surface area contributed by atoms with Gasteiger partial charge in [0, 0.05) is 36.4 Å². The molecule has 3 fully saturated rings. The number of aryl methyl sites for hydroxylation is 1. The fourth-order valence-electron chi connectivity index (χ4n) is 4.95. The number of aromatic nitrogens is 2. The van der Waals surface area contributed by atoms with Crippen molar-refractivity contribution in [3.05, 3.63) is 47.3 Å². The summed E-state index contributed by atoms with van der Waals surface area (Å²) < 4.78 is 8.01. The molecular formula is C23H30N4O2. The van der Waals surface area contributed by atoms with Crippen LogP contribution < -0.4 is 5.32 Å². The van der Waals surface area contributed by atoms with Gasteiger partial charge in [-0.2, -0.15) is 5.10 Å². The Morgan fingerprint density at radius 2 is 2.00 bits per heavy atom. The van der Waals surface area contributed by atoms with Crippen molar-refractivity contribution in [3.63, 3.8) is 0 Å². The second-order valence-electron chi connectivity index (χ2n) is 8.89. The molecule has 29 heavy (non-hydrogen) atoms. The van der Waals surface area contributed by atoms with Crippen LogP contribution in [0.4, 0.5) is 0 Å². The Morgan fingerprint density at radius 1 is 1.21 bits per heavy atom. The SMILES string of the molecule is Cc1nn(-c2ccccc2)c(C)c1CC(=O)N[C@@H]1C[C@H]2CO[C@H](C3CC3)CN2C1. The van der Waals surface area contributed by atoms with Crippen molar-refractivity contribution in [2.24, 2.45) is 5.92 Å². The highest BCUT2D eigenvalue weighted by Crippen LogP contribution is 2.37. The van der Waals surface area contributed by atoms with Gasteiger partial charge in [0.25, 0.3) is 0 Å². The van der Waals surface area contributed by atoms with E-state index in [4.69, 9.17) is 4.74 Å². The molecule has 3 atom stereocenters. The van der Waals surface area contributed by atoms with Gasteiger partial charge >= 0.3 is 0 Å². The number of morpholine rings is 1. The zero-order valence-electron chi connectivity index (χ0n) is 17.3. The summed E-state index contributed by atoms with van der Waals surface area (Å²) in [5.74, 6) is 0.866. The van der Waals surface area contributed by atoms with E-state index < -0.39 is 0 Å². The lowest BCUT2D eigenvalue weighted by Crippen LogP contribution is -2.47. The number of hydrogen-bond acceptors (Lipinski definition) is 4. The van der Waals surface area contributed by atoms with Crippen molar-refractivity contribution in [3.8, 4) is 5.69 Å². The lowest BCUT2D eigenvalue weighted by molar-refractivity contribution is -0.121. The smallest absolute Gasteiger partial charge is 0.224 e. The molecule has 1 aromatic carbocycles. The van der Waals surface area contributed by atoms with Crippen LogP contribution in [-0.2, 0) is 16.0 Å². The fraction of sp³-hybridized carbons (Fsp3) is 0.565. The second kappa shape index (κ2) is 7.58. The molecule has 1 aromatic heterocycles. The first-order chi connectivity index (χ1) is 14.1. The Balaban J connectivity index is 1.21. The van der Waals surface area contributed by atoms with Crippen LogP contribution in [0.2, 0.25) is 0 Å². The summed E-state index contributed by atoms with van der Waals surface area (Å²) in [6.45, 7) is 6.82. The van der Waals surface area contributed by atoms with Gasteiger partial charge < -0.3 is 10.1 Å². The van der Waals surface area contributed by atoms with E-state index in [1.54, 1.807) is 0 Å². The Kier molecular flexibility index (Phi) is 4.92. The van der Waals surface area contributed by atoms with Crippen LogP contribution in [0.3, 0.4) is 0 Å². The standard InChI is InChI=1S/C23H30N4O2/c1-15-21(16(2)27(25-15)19-6-4-3-5-7-19)11-23(28)24-18-10-20-14-29-22(17-8-9-17)13-26(20)12-18/h3-7,17-18,20,22H,8-14H2,1-2H3,(H,24,28)/t18-,20+,22+/m1/s1. The van der Waals surface area contributed by atoms with Gasteiger partial charge in [-0.3, -0.25) is 9.69 Å². The van der Waals surface area contributed by atoms with Crippen LogP contribution in [0.5, 0.6) is 0 Å². The molecule has 2 aliphatic heterocycles. The molecule has 1 saturated carbocycles. The third kappa shape index (κ3) is 3.83. The van der Waals surface area contributed by atoms with Gasteiger partial charge in [-0.05, 0) is 51.2 Å². The number of nitrogens with one attached hydrogen (secondary N) is 1. The van der Waals surface area contributed by atoms with Crippen LogP contribution in [0, 0.1) is 19.8 Å². The second-order valence-corrected chi connectivity index (χ2v) is 8.89. The molecule has 1 N–H and O–H groups in total. The quantitative estimate of drug-likeness (QED) is 0.846. The predicted molar refractivity (Wildman–Crippen MR) is 111 cm³/mol. The summed E-state index contributed by atoms with van der Waals surface area (Å²) >= 11 is 0. The third-order valence-electron chi connectivity index (χ3n) is 6.74. The van der Waals surface area contributed by atoms with Crippen molar-refractivity contribution in [2.75, 3.05) is 19.7 Å². The van der Waals surface area contributed by atoms with Crippen molar-refractivity contribution >= 4 is 5.91 Å². The van der Waals surface area contributed by atoms with Gasteiger partial charge in [0.1, 0.15) is 0 Å². The molecule has 154 valence electrons. The first-order valence-electron chi connectivity index (χ1n) is 10.8. The van der Waals surface area contributed by atoms with E-state index in [-0.39, 0.29) is 11.9 Å². The minimum Gasteiger partial charge on any atom is -0.375 e. The minimum atomic E-state index is 0.0910. The number of benzene rings is 1. The molecule has 3 heterocycles. The number of para-hydroxylation sites is 1. The van der Waals surface area contributed by atoms with Gasteiger partial charge in [-0.25, -0.2) is 4.68 Å². The van der Waals surface area contributed by atoms with Crippen LogP contribution in [0.15, 0.2) is 30.3 Å². The van der Waals surface area contributed by atoms with Crippen LogP contribution in [0.1, 0.15) is 36.2 Å². The van der Waals surface area contributed by atoms with E-state index in [2.05, 4.69) is 15.3 Å². The molecule has 6 heteroatoms. The summed E-state index contributed by atoms with van der Waals surface area (Å²) in [7, 11) is 0. The maximum atomic E-state index is 12.8. The average molecular weight is 395 g/mol. The van der Waals surface area contributed by atoms with Gasteiger partial charge in [-0.15, -0.1) is 0 Å². The highest BCUT2D eigenvalue weighted by atomic mass is 16.5. The van der Waals surface area contributed by atoms with Gasteiger partial charge in [0.15, 0.2) is 0 Å². The number of hydrogen-bond donors (Lipinski definition) is 1. The predicted octanol–water partition coefficient (Wildman–Crippen LogP) is 2.40. The molecule has 2 saturated heterocycles. The van der Waals surface area contributed by atoms with Gasteiger partial charge in [0.2, 0.25) is 5.91 Å². The molecule has 0 spiro atoms. The number of nitrogens with zero attached hydrogens (tertiary/aromatic N) is 3. The number of rotatable bonds is 5. The lowest BCUT2D eigenvalue weighted by atomic mass is 10.1. The lowest BCUT2D eigenvalue weighted by Gasteiger charge is -2.35. The van der Waals surface area contributed by atoms with Crippen LogP contribution in [-0.4, -0.2) is 58.5 Å². The van der Waals surface area contributed by atoms with Gasteiger partial charge in [-0.1, -0.05) is 18.2 Å². The molecule has 0 radical (unpaired) electrons. The molecular weight excluding hydrogens is 364 g/mol. The fourth-order valence-corrected chi connectivity index (χ4v) is 4.95. The van der Waals surface area contributed by atoms with E-state index in [1.807, 2.05) is 48.9 Å². The summed E-state index contributed by atoms with van der Waals surface area (Å²) in [6, 6.07) is 10.8. The van der Waals surface area contributed by atoms with E-state index in [0.717, 1.165) is 54.7 Å². The number of ether oxygens (including phenoxy) is 1. The normalized spacial score (nSPS) is 27.0. The zero-order chi connectivity index (χ0) is 20.0. The maximum Gasteiger partial charge on any atom is 0.224 e. The summed E-state index contributed by atoms with van der Waals surface area (Å²) in [5.41, 5.74) is 4.01. The molecule has 2 aromatic rings. The molecule has 5 rings (SSSR count). The average Bonchev–Trinajstić information content (AvgIpc) is 3.44. The van der Waals surface area contributed by atoms with Crippen LogP contribution >= 0.6 is 0 Å². The Bertz CT molecular complexity index is 890. The number of amides is 1. The van der Waals surface area contributed by atoms with Gasteiger partial charge in [0.05, 0.1) is 30.5 Å². The first-order valence-corrected chi connectivity index (χ1v) is 10.8. The molecule has 6 nitrogen and oxygen atoms in total. The molecule has 0 unspecified atom stereocenters. The first kappa shape index (κ1) is 18.8. The Hall–Kier alpha value is -2.18. The molecule has 3 aliphatic rings. The minimum absolute atomic E-state index is 0.0910. The Labute approximate surface area is 172 Å². The third-order valence-corrected chi connectivity index (χ3v) is 6.74. The number of carbonyl (C=O) groups excluding carboxylic acids is 1. The Morgan fingerprint density at radius 3 is 2.76 bits per heavy atom. The van der Waals surface area contributed by atoms with Crippen molar-refractivity contribution in [1.82, 2.24) is 20.0 Å². The van der Waals surface area contributed by atoms with Crippen LogP contribution in [0.25, 0.3) is 5.69 Å². The molecule has 1 aliphatic carbocycles. The van der Waals surface area contributed by atoms with E-state index >= 15 is 0 Å². The summed E-state index contributed by atoms with van der Waals surface area (Å²) in [5, 5.41) is 7.94. The largest absolute Gasteiger partial charge is 0.375 e. The topological polar surface area (TPSA) is 59.4 Å². The highest BCUT2D eigenvalue weighted by Gasteiger charge is 2.42. The van der Waals surface area contributed by atoms with Crippen molar-refractivity contribution < 1.29 is 9.53 Å². The monoisotopic (exact) mass is 394 g/mol. The number of carbonyl (C=O) groups is 1. The van der Waals surface area contributed by atoms with E-state index in [9.17, 15) is 4.79 Å².